The fourth-order valence-electron chi connectivity index (χ4n) is 2.32. The molecule has 2 aromatic carbocycles. The van der Waals surface area contributed by atoms with E-state index in [0.29, 0.717) is 17.0 Å². The van der Waals surface area contributed by atoms with Crippen molar-refractivity contribution in [3.63, 3.8) is 0 Å². The number of sulfonamides is 1. The summed E-state index contributed by atoms with van der Waals surface area (Å²) in [6, 6.07) is 10.8. The highest BCUT2D eigenvalue weighted by molar-refractivity contribution is 7.92. The molecule has 6 nitrogen and oxygen atoms in total. The Balaban J connectivity index is 2.29. The average molecular weight is 412 g/mol. The number of hydrogen-bond acceptors (Lipinski definition) is 5. The van der Waals surface area contributed by atoms with Gasteiger partial charge in [0.05, 0.1) is 24.1 Å². The molecule has 0 aromatic heterocycles. The van der Waals surface area contributed by atoms with Gasteiger partial charge in [-0.1, -0.05) is 23.7 Å². The summed E-state index contributed by atoms with van der Waals surface area (Å²) in [5, 5.41) is 0.289. The van der Waals surface area contributed by atoms with Gasteiger partial charge in [-0.2, -0.15) is 0 Å². The second-order valence-electron chi connectivity index (χ2n) is 6.82. The quantitative estimate of drug-likeness (QED) is 0.725. The maximum Gasteiger partial charge on any atom is 0.310 e. The number of esters is 1. The van der Waals surface area contributed by atoms with Crippen LogP contribution in [0.4, 0.5) is 5.69 Å². The zero-order valence-corrected chi connectivity index (χ0v) is 17.1. The van der Waals surface area contributed by atoms with Crippen molar-refractivity contribution in [3.05, 3.63) is 53.1 Å². The molecule has 0 aliphatic rings. The number of methoxy groups -OCH3 is 1. The molecular weight excluding hydrogens is 390 g/mol. The lowest BCUT2D eigenvalue weighted by molar-refractivity contribution is -0.153. The Kier molecular flexibility index (Phi) is 6.38. The highest BCUT2D eigenvalue weighted by atomic mass is 35.5. The molecule has 2 aromatic rings. The molecule has 1 N–H and O–H groups in total. The van der Waals surface area contributed by atoms with E-state index in [2.05, 4.69) is 4.72 Å². The number of benzene rings is 2. The minimum Gasteiger partial charge on any atom is -0.495 e. The second-order valence-corrected chi connectivity index (χ2v) is 8.91. The van der Waals surface area contributed by atoms with E-state index in [1.807, 2.05) is 0 Å². The van der Waals surface area contributed by atoms with E-state index in [4.69, 9.17) is 21.1 Å². The average Bonchev–Trinajstić information content (AvgIpc) is 2.55. The van der Waals surface area contributed by atoms with Crippen LogP contribution in [0.1, 0.15) is 26.3 Å². The molecule has 0 aliphatic heterocycles. The van der Waals surface area contributed by atoms with Gasteiger partial charge in [0.25, 0.3) is 10.0 Å². The third kappa shape index (κ3) is 5.87. The van der Waals surface area contributed by atoms with Crippen LogP contribution in [0.15, 0.2) is 47.4 Å². The zero-order chi connectivity index (χ0) is 20.2. The van der Waals surface area contributed by atoms with E-state index in [9.17, 15) is 13.2 Å². The van der Waals surface area contributed by atoms with Crippen LogP contribution in [0.25, 0.3) is 0 Å². The van der Waals surface area contributed by atoms with E-state index in [0.717, 1.165) is 0 Å². The van der Waals surface area contributed by atoms with E-state index < -0.39 is 21.6 Å². The molecular formula is C19H22ClNO5S. The van der Waals surface area contributed by atoms with Gasteiger partial charge >= 0.3 is 5.97 Å². The first-order valence-corrected chi connectivity index (χ1v) is 10.0. The lowest BCUT2D eigenvalue weighted by atomic mass is 10.1. The van der Waals surface area contributed by atoms with Crippen LogP contribution < -0.4 is 9.46 Å². The number of carbonyl (C=O) groups excluding carboxylic acids is 1. The molecule has 27 heavy (non-hydrogen) atoms. The van der Waals surface area contributed by atoms with Crippen molar-refractivity contribution >= 4 is 33.3 Å². The first-order chi connectivity index (χ1) is 12.5. The number of anilines is 1. The molecule has 0 atom stereocenters. The molecule has 0 bridgehead atoms. The first kappa shape index (κ1) is 21.1. The van der Waals surface area contributed by atoms with Crippen molar-refractivity contribution in [1.29, 1.82) is 0 Å². The van der Waals surface area contributed by atoms with Gasteiger partial charge in [-0.25, -0.2) is 8.42 Å². The summed E-state index contributed by atoms with van der Waals surface area (Å²) < 4.78 is 38.4. The van der Waals surface area contributed by atoms with Crippen LogP contribution in [0, 0.1) is 0 Å². The Morgan fingerprint density at radius 1 is 1.15 bits per heavy atom. The minimum absolute atomic E-state index is 0.0173. The standard InChI is InChI=1S/C19H22ClNO5S/c1-19(2,3)26-18(22)12-13-11-14(9-10-15(13)20)27(23,24)21-16-7-5-6-8-17(16)25-4/h5-11,21H,12H2,1-4H3. The van der Waals surface area contributed by atoms with Crippen molar-refractivity contribution < 1.29 is 22.7 Å². The number of rotatable bonds is 6. The molecule has 0 amide bonds. The zero-order valence-electron chi connectivity index (χ0n) is 15.6. The monoisotopic (exact) mass is 411 g/mol. The van der Waals surface area contributed by atoms with Gasteiger partial charge in [-0.05, 0) is 56.7 Å². The Morgan fingerprint density at radius 2 is 1.81 bits per heavy atom. The molecule has 0 aliphatic carbocycles. The number of halogens is 1. The summed E-state index contributed by atoms with van der Waals surface area (Å²) in [6.07, 6.45) is -0.131. The molecule has 0 spiro atoms. The largest absolute Gasteiger partial charge is 0.495 e. The Morgan fingerprint density at radius 3 is 2.44 bits per heavy atom. The van der Waals surface area contributed by atoms with Crippen molar-refractivity contribution in [1.82, 2.24) is 0 Å². The summed E-state index contributed by atoms with van der Waals surface area (Å²) in [5.74, 6) is -0.0966. The summed E-state index contributed by atoms with van der Waals surface area (Å²) in [6.45, 7) is 5.26. The van der Waals surface area contributed by atoms with Crippen LogP contribution in [0.5, 0.6) is 5.75 Å². The number of hydrogen-bond donors (Lipinski definition) is 1. The lowest BCUT2D eigenvalue weighted by Gasteiger charge is -2.19. The SMILES string of the molecule is COc1ccccc1NS(=O)(=O)c1ccc(Cl)c(CC(=O)OC(C)(C)C)c1. The Labute approximate surface area is 164 Å². The van der Waals surface area contributed by atoms with Gasteiger partial charge in [0, 0.05) is 5.02 Å². The molecule has 0 saturated carbocycles. The molecule has 0 heterocycles. The molecule has 0 unspecified atom stereocenters. The fraction of sp³-hybridized carbons (Fsp3) is 0.316. The highest BCUT2D eigenvalue weighted by Crippen LogP contribution is 2.28. The van der Waals surface area contributed by atoms with Gasteiger partial charge in [0.15, 0.2) is 0 Å². The number of carbonyl (C=O) groups is 1. The van der Waals surface area contributed by atoms with Crippen molar-refractivity contribution in [3.8, 4) is 5.75 Å². The molecule has 146 valence electrons. The maximum atomic E-state index is 12.7. The first-order valence-electron chi connectivity index (χ1n) is 8.18. The normalized spacial score (nSPS) is 11.7. The van der Waals surface area contributed by atoms with E-state index in [-0.39, 0.29) is 16.3 Å². The topological polar surface area (TPSA) is 81.7 Å². The third-order valence-electron chi connectivity index (χ3n) is 3.43. The predicted molar refractivity (Wildman–Crippen MR) is 105 cm³/mol. The smallest absolute Gasteiger partial charge is 0.310 e. The molecule has 0 fully saturated rings. The number of para-hydroxylation sites is 2. The fourth-order valence-corrected chi connectivity index (χ4v) is 3.62. The van der Waals surface area contributed by atoms with Gasteiger partial charge < -0.3 is 9.47 Å². The minimum atomic E-state index is -3.90. The highest BCUT2D eigenvalue weighted by Gasteiger charge is 2.21. The van der Waals surface area contributed by atoms with Crippen molar-refractivity contribution in [2.45, 2.75) is 37.7 Å². The summed E-state index contributed by atoms with van der Waals surface area (Å²) in [5.41, 5.74) is 0.0380. The number of ether oxygens (including phenoxy) is 2. The molecule has 0 radical (unpaired) electrons. The van der Waals surface area contributed by atoms with Crippen LogP contribution in [0.3, 0.4) is 0 Å². The summed E-state index contributed by atoms with van der Waals surface area (Å²) in [7, 11) is -2.44. The summed E-state index contributed by atoms with van der Waals surface area (Å²) in [4.78, 5) is 12.0. The van der Waals surface area contributed by atoms with Gasteiger partial charge in [0.2, 0.25) is 0 Å². The summed E-state index contributed by atoms with van der Waals surface area (Å²) >= 11 is 6.13. The Hall–Kier alpha value is -2.25. The second kappa shape index (κ2) is 8.19. The van der Waals surface area contributed by atoms with Gasteiger partial charge in [0.1, 0.15) is 11.4 Å². The number of nitrogens with one attached hydrogen (secondary N) is 1. The predicted octanol–water partition coefficient (Wildman–Crippen LogP) is 4.03. The van der Waals surface area contributed by atoms with Crippen molar-refractivity contribution in [2.24, 2.45) is 0 Å². The van der Waals surface area contributed by atoms with Crippen LogP contribution in [-0.2, 0) is 26.0 Å². The van der Waals surface area contributed by atoms with Crippen molar-refractivity contribution in [2.75, 3.05) is 11.8 Å². The van der Waals surface area contributed by atoms with Crippen LogP contribution in [0.2, 0.25) is 5.02 Å². The maximum absolute atomic E-state index is 12.7. The molecule has 2 rings (SSSR count). The molecule has 8 heteroatoms. The van der Waals surface area contributed by atoms with Gasteiger partial charge in [-0.3, -0.25) is 9.52 Å². The van der Waals surface area contributed by atoms with E-state index in [1.54, 1.807) is 45.0 Å². The Bertz CT molecular complexity index is 935. The lowest BCUT2D eigenvalue weighted by Crippen LogP contribution is -2.25. The third-order valence-corrected chi connectivity index (χ3v) is 5.17. The van der Waals surface area contributed by atoms with E-state index >= 15 is 0 Å². The van der Waals surface area contributed by atoms with Gasteiger partial charge in [-0.15, -0.1) is 0 Å². The molecule has 0 saturated heterocycles. The van der Waals surface area contributed by atoms with Crippen LogP contribution in [-0.4, -0.2) is 27.1 Å². The van der Waals surface area contributed by atoms with E-state index in [1.165, 1.54) is 25.3 Å². The van der Waals surface area contributed by atoms with Crippen LogP contribution >= 0.6 is 11.6 Å².